The Morgan fingerprint density at radius 3 is 1.34 bits per heavy atom. The van der Waals surface area contributed by atoms with Crippen LogP contribution in [0.3, 0.4) is 0 Å². The van der Waals surface area contributed by atoms with Gasteiger partial charge in [-0.05, 0) is 181 Å². The van der Waals surface area contributed by atoms with Crippen LogP contribution < -0.4 is 40.2 Å². The number of nitrogens with zero attached hydrogens (tertiary/aromatic N) is 4. The molecule has 0 unspecified atom stereocenters. The number of fused-ring (bicyclic) bond motifs is 10. The maximum atomic E-state index is 7.33. The van der Waals surface area contributed by atoms with E-state index in [0.717, 1.165) is 45.8 Å². The first-order valence-electron chi connectivity index (χ1n) is 34.2. The zero-order chi connectivity index (χ0) is 67.2. The van der Waals surface area contributed by atoms with Crippen LogP contribution in [0.4, 0.5) is 39.9 Å². The molecule has 0 amide bonds. The van der Waals surface area contributed by atoms with Crippen molar-refractivity contribution in [1.29, 1.82) is 0 Å². The molecule has 10 aromatic rings. The highest BCUT2D eigenvalue weighted by Crippen LogP contribution is 2.53. The van der Waals surface area contributed by atoms with Gasteiger partial charge >= 0.3 is 0 Å². The van der Waals surface area contributed by atoms with Crippen molar-refractivity contribution in [2.75, 3.05) is 21.4 Å². The average molecular weight is 1260 g/mol. The molecule has 0 aliphatic carbocycles. The molecule has 0 atom stereocenters. The standard InChI is InChI=1S/C88H98N4OSi/c1-82(2,3)58-29-26-28-56(44-58)68-50-64(88(19,20)21)51-69(57-45-62(86(13,14)15)47-63(46-57)87(16,17)18)81(68)91-55-90(72-32-22-23-33-73(72)91)65-30-27-31-66(53-65)93-67-38-41-79-75(54-67)92(80-52-61(42-43-89-80)85(10,11)12)74-34-24-25-35-78(74)94(79)76-39-36-59(83(4,5)6)48-70(76)71-49-60(84(7,8)9)37-40-77(71)94/h22-54H,55H2,1-21H3. The van der Waals surface area contributed by atoms with Crippen LogP contribution >= 0.6 is 0 Å². The zero-order valence-corrected chi connectivity index (χ0v) is 61.0. The van der Waals surface area contributed by atoms with Crippen molar-refractivity contribution in [1.82, 2.24) is 4.98 Å². The molecule has 1 aromatic heterocycles. The molecule has 94 heavy (non-hydrogen) atoms. The lowest BCUT2D eigenvalue weighted by Crippen LogP contribution is -2.75. The third-order valence-corrected chi connectivity index (χ3v) is 25.2. The summed E-state index contributed by atoms with van der Waals surface area (Å²) in [6.07, 6.45) is 1.99. The molecule has 0 radical (unpaired) electrons. The van der Waals surface area contributed by atoms with Gasteiger partial charge in [-0.3, -0.25) is 4.90 Å². The Morgan fingerprint density at radius 2 is 0.766 bits per heavy atom. The van der Waals surface area contributed by atoms with Gasteiger partial charge in [0.2, 0.25) is 0 Å². The number of ether oxygens (including phenoxy) is 1. The Bertz CT molecular complexity index is 4530. The van der Waals surface area contributed by atoms with Crippen molar-refractivity contribution in [2.45, 2.75) is 183 Å². The summed E-state index contributed by atoms with van der Waals surface area (Å²) >= 11 is 0. The minimum atomic E-state index is -3.04. The predicted molar refractivity (Wildman–Crippen MR) is 405 cm³/mol. The van der Waals surface area contributed by atoms with E-state index in [1.165, 1.54) is 98.8 Å². The highest BCUT2D eigenvalue weighted by Gasteiger charge is 2.55. The first-order valence-corrected chi connectivity index (χ1v) is 36.2. The molecule has 0 bridgehead atoms. The Kier molecular flexibility index (Phi) is 15.3. The Labute approximate surface area is 564 Å². The minimum absolute atomic E-state index is 0.0292. The van der Waals surface area contributed by atoms with E-state index in [4.69, 9.17) is 9.72 Å². The zero-order valence-electron chi connectivity index (χ0n) is 60.0. The second-order valence-corrected chi connectivity index (χ2v) is 38.0. The Morgan fingerprint density at radius 1 is 0.319 bits per heavy atom. The van der Waals surface area contributed by atoms with E-state index in [1.54, 1.807) is 0 Å². The molecule has 0 saturated heterocycles. The summed E-state index contributed by atoms with van der Waals surface area (Å²) in [6.45, 7) is 49.6. The van der Waals surface area contributed by atoms with Crippen molar-refractivity contribution >= 4 is 68.8 Å². The summed E-state index contributed by atoms with van der Waals surface area (Å²) in [7, 11) is -3.04. The first-order chi connectivity index (χ1) is 44.0. The Balaban J connectivity index is 0.973. The predicted octanol–water partition coefficient (Wildman–Crippen LogP) is 21.7. The second kappa shape index (κ2) is 22.3. The largest absolute Gasteiger partial charge is 0.457 e. The summed E-state index contributed by atoms with van der Waals surface area (Å²) < 4.78 is 7.33. The molecule has 1 spiro atoms. The molecule has 0 saturated carbocycles. The second-order valence-electron chi connectivity index (χ2n) is 34.3. The van der Waals surface area contributed by atoms with Crippen LogP contribution in [0.1, 0.15) is 184 Å². The van der Waals surface area contributed by atoms with E-state index in [9.17, 15) is 0 Å². The van der Waals surface area contributed by atoms with Crippen molar-refractivity contribution in [3.8, 4) is 44.9 Å². The maximum absolute atomic E-state index is 7.33. The number of rotatable bonds is 7. The van der Waals surface area contributed by atoms with Crippen LogP contribution in [0.25, 0.3) is 33.4 Å². The van der Waals surface area contributed by atoms with Crippen molar-refractivity contribution in [2.24, 2.45) is 0 Å². The summed E-state index contributed by atoms with van der Waals surface area (Å²) in [5, 5.41) is 5.57. The topological polar surface area (TPSA) is 31.8 Å². The molecule has 4 heterocycles. The summed E-state index contributed by atoms with van der Waals surface area (Å²) in [5.74, 6) is 2.42. The van der Waals surface area contributed by atoms with Crippen LogP contribution in [0.15, 0.2) is 200 Å². The highest BCUT2D eigenvalue weighted by atomic mass is 28.3. The van der Waals surface area contributed by atoms with E-state index in [2.05, 4.69) is 354 Å². The van der Waals surface area contributed by atoms with Crippen molar-refractivity contribution < 1.29 is 4.74 Å². The van der Waals surface area contributed by atoms with Crippen molar-refractivity contribution in [3.63, 3.8) is 0 Å². The van der Waals surface area contributed by atoms with Gasteiger partial charge < -0.3 is 14.5 Å². The Hall–Kier alpha value is -8.45. The number of hydrogen-bond acceptors (Lipinski definition) is 5. The van der Waals surface area contributed by atoms with E-state index in [-0.39, 0.29) is 37.9 Å². The number of hydrogen-bond donors (Lipinski definition) is 0. The molecule has 6 heteroatoms. The molecule has 480 valence electrons. The lowest BCUT2D eigenvalue weighted by atomic mass is 9.77. The summed E-state index contributed by atoms with van der Waals surface area (Å²) in [6, 6.07) is 75.0. The van der Waals surface area contributed by atoms with Gasteiger partial charge in [0.05, 0.1) is 22.7 Å². The van der Waals surface area contributed by atoms with Gasteiger partial charge in [0, 0.05) is 40.8 Å². The average Bonchev–Trinajstić information content (AvgIpc) is 1.32. The first kappa shape index (κ1) is 64.3. The normalized spacial score (nSPS) is 14.6. The molecule has 3 aliphatic heterocycles. The lowest BCUT2D eigenvalue weighted by molar-refractivity contribution is 0.483. The molecule has 3 aliphatic rings. The third kappa shape index (κ3) is 11.3. The van der Waals surface area contributed by atoms with Crippen LogP contribution in [0, 0.1) is 0 Å². The quantitative estimate of drug-likeness (QED) is 0.149. The molecular weight excluding hydrogens is 1160 g/mol. The highest BCUT2D eigenvalue weighted by molar-refractivity contribution is 7.23. The number of benzene rings is 9. The molecule has 13 rings (SSSR count). The van der Waals surface area contributed by atoms with Gasteiger partial charge in [-0.2, -0.15) is 0 Å². The van der Waals surface area contributed by atoms with Crippen LogP contribution in [0.2, 0.25) is 0 Å². The fraction of sp³-hybridized carbons (Fsp3) is 0.330. The molecule has 0 fully saturated rings. The number of para-hydroxylation sites is 3. The number of anilines is 7. The monoisotopic (exact) mass is 1250 g/mol. The SMILES string of the molecule is CC(C)(C)c1cccc(-c2cc(C(C)(C)C)cc(-c3cc(C(C)(C)C)cc(C(C)(C)C)c3)c2N2CN(c3cccc(Oc4ccc5c(c4)N(c4cc(C(C)(C)C)ccn4)c4ccccc4[Si]54c5ccc(C(C)(C)C)cc5-c5cc(C(C)(C)C)ccc54)c3)c3ccccc32)c1. The van der Waals surface area contributed by atoms with E-state index < -0.39 is 8.07 Å². The summed E-state index contributed by atoms with van der Waals surface area (Å²) in [5.41, 5.74) is 23.2. The smallest absolute Gasteiger partial charge is 0.185 e. The molecule has 5 nitrogen and oxygen atoms in total. The van der Waals surface area contributed by atoms with E-state index in [1.807, 2.05) is 6.20 Å². The van der Waals surface area contributed by atoms with Crippen LogP contribution in [-0.2, 0) is 37.9 Å². The number of pyridine rings is 1. The van der Waals surface area contributed by atoms with Gasteiger partial charge in [-0.25, -0.2) is 4.98 Å². The molecule has 9 aromatic carbocycles. The molecule has 0 N–H and O–H groups in total. The lowest BCUT2D eigenvalue weighted by Gasteiger charge is -2.43. The fourth-order valence-electron chi connectivity index (χ4n) is 14.5. The fourth-order valence-corrected chi connectivity index (χ4v) is 20.0. The van der Waals surface area contributed by atoms with Crippen LogP contribution in [-0.4, -0.2) is 19.7 Å². The maximum Gasteiger partial charge on any atom is 0.185 e. The van der Waals surface area contributed by atoms with Crippen molar-refractivity contribution in [3.05, 3.63) is 239 Å². The number of aromatic nitrogens is 1. The van der Waals surface area contributed by atoms with Gasteiger partial charge in [0.15, 0.2) is 8.07 Å². The third-order valence-electron chi connectivity index (χ3n) is 20.2. The van der Waals surface area contributed by atoms with Crippen LogP contribution in [0.5, 0.6) is 11.5 Å². The van der Waals surface area contributed by atoms with Gasteiger partial charge in [-0.15, -0.1) is 0 Å². The summed E-state index contributed by atoms with van der Waals surface area (Å²) in [4.78, 5) is 12.8. The minimum Gasteiger partial charge on any atom is -0.457 e. The van der Waals surface area contributed by atoms with E-state index >= 15 is 0 Å². The van der Waals surface area contributed by atoms with E-state index in [0.29, 0.717) is 6.67 Å². The molecular formula is C88H98N4OSi. The van der Waals surface area contributed by atoms with Gasteiger partial charge in [-0.1, -0.05) is 267 Å². The van der Waals surface area contributed by atoms with Gasteiger partial charge in [0.1, 0.15) is 24.0 Å². The van der Waals surface area contributed by atoms with Gasteiger partial charge in [0.25, 0.3) is 0 Å².